The van der Waals surface area contributed by atoms with E-state index in [2.05, 4.69) is 0 Å². The molecule has 1 aromatic carbocycles. The second-order valence-corrected chi connectivity index (χ2v) is 5.66. The van der Waals surface area contributed by atoms with Crippen molar-refractivity contribution in [2.45, 2.75) is 10.6 Å². The zero-order valence-electron chi connectivity index (χ0n) is 9.06. The SMILES string of the molecule is O=Cc1ccc(CS(=O)c2c(Cl)cccc2Cl)o1. The second-order valence-electron chi connectivity index (χ2n) is 3.46. The number of hydrogen-bond acceptors (Lipinski definition) is 3. The van der Waals surface area contributed by atoms with Crippen LogP contribution in [0.5, 0.6) is 0 Å². The minimum Gasteiger partial charge on any atom is -0.457 e. The molecule has 2 rings (SSSR count). The third-order valence-corrected chi connectivity index (χ3v) is 4.51. The first-order chi connectivity index (χ1) is 8.61. The second kappa shape index (κ2) is 5.69. The van der Waals surface area contributed by atoms with Crippen LogP contribution in [0.15, 0.2) is 39.6 Å². The molecule has 6 heteroatoms. The molecule has 1 unspecified atom stereocenters. The first-order valence-electron chi connectivity index (χ1n) is 4.98. The maximum Gasteiger partial charge on any atom is 0.185 e. The molecular weight excluding hydrogens is 295 g/mol. The van der Waals surface area contributed by atoms with E-state index in [1.807, 2.05) is 0 Å². The van der Waals surface area contributed by atoms with Gasteiger partial charge in [-0.1, -0.05) is 29.3 Å². The molecule has 2 aromatic rings. The molecule has 94 valence electrons. The van der Waals surface area contributed by atoms with Crippen molar-refractivity contribution in [3.63, 3.8) is 0 Å². The van der Waals surface area contributed by atoms with Gasteiger partial charge in [-0.15, -0.1) is 0 Å². The molecule has 0 radical (unpaired) electrons. The number of carbonyl (C=O) groups excluding carboxylic acids is 1. The predicted octanol–water partition coefficient (Wildman–Crippen LogP) is 3.71. The van der Waals surface area contributed by atoms with Crippen LogP contribution in [0.2, 0.25) is 10.0 Å². The Kier molecular flexibility index (Phi) is 4.22. The van der Waals surface area contributed by atoms with Crippen LogP contribution in [-0.2, 0) is 16.6 Å². The Morgan fingerprint density at radius 1 is 1.17 bits per heavy atom. The van der Waals surface area contributed by atoms with Gasteiger partial charge in [0.15, 0.2) is 12.0 Å². The highest BCUT2D eigenvalue weighted by Gasteiger charge is 2.15. The molecule has 0 spiro atoms. The Bertz CT molecular complexity index is 587. The molecule has 0 bridgehead atoms. The van der Waals surface area contributed by atoms with E-state index in [9.17, 15) is 9.00 Å². The van der Waals surface area contributed by atoms with Gasteiger partial charge in [-0.05, 0) is 24.3 Å². The lowest BCUT2D eigenvalue weighted by Crippen LogP contribution is -1.97. The van der Waals surface area contributed by atoms with E-state index in [4.69, 9.17) is 27.6 Å². The van der Waals surface area contributed by atoms with E-state index in [0.717, 1.165) is 0 Å². The van der Waals surface area contributed by atoms with E-state index in [1.54, 1.807) is 24.3 Å². The van der Waals surface area contributed by atoms with Crippen LogP contribution in [0.4, 0.5) is 0 Å². The Labute approximate surface area is 116 Å². The first kappa shape index (κ1) is 13.3. The van der Waals surface area contributed by atoms with Crippen LogP contribution < -0.4 is 0 Å². The van der Waals surface area contributed by atoms with Gasteiger partial charge >= 0.3 is 0 Å². The molecular formula is C12H8Cl2O3S. The summed E-state index contributed by atoms with van der Waals surface area (Å²) in [7, 11) is -1.42. The summed E-state index contributed by atoms with van der Waals surface area (Å²) in [5, 5.41) is 0.700. The summed E-state index contributed by atoms with van der Waals surface area (Å²) in [5.74, 6) is 0.774. The highest BCUT2D eigenvalue weighted by atomic mass is 35.5. The summed E-state index contributed by atoms with van der Waals surface area (Å²) in [6.45, 7) is 0. The molecule has 0 aliphatic rings. The van der Waals surface area contributed by atoms with Gasteiger partial charge in [-0.3, -0.25) is 9.00 Å². The summed E-state index contributed by atoms with van der Waals surface area (Å²) >= 11 is 11.9. The minimum absolute atomic E-state index is 0.122. The normalized spacial score (nSPS) is 12.3. The summed E-state index contributed by atoms with van der Waals surface area (Å²) in [6.07, 6.45) is 0.592. The average Bonchev–Trinajstić information content (AvgIpc) is 2.76. The molecule has 0 amide bonds. The number of hydrogen-bond donors (Lipinski definition) is 0. The third-order valence-electron chi connectivity index (χ3n) is 2.22. The van der Waals surface area contributed by atoms with Crippen molar-refractivity contribution in [2.75, 3.05) is 0 Å². The monoisotopic (exact) mass is 302 g/mol. The topological polar surface area (TPSA) is 47.3 Å². The summed E-state index contributed by atoms with van der Waals surface area (Å²) in [4.78, 5) is 10.9. The Balaban J connectivity index is 2.24. The lowest BCUT2D eigenvalue weighted by Gasteiger charge is -2.05. The van der Waals surface area contributed by atoms with Crippen molar-refractivity contribution in [1.82, 2.24) is 0 Å². The molecule has 0 aliphatic heterocycles. The molecule has 1 aromatic heterocycles. The van der Waals surface area contributed by atoms with Crippen LogP contribution in [-0.4, -0.2) is 10.5 Å². The number of aldehydes is 1. The van der Waals surface area contributed by atoms with Crippen molar-refractivity contribution < 1.29 is 13.4 Å². The summed E-state index contributed by atoms with van der Waals surface area (Å²) in [5.41, 5.74) is 0. The van der Waals surface area contributed by atoms with Gasteiger partial charge in [0.25, 0.3) is 0 Å². The molecule has 18 heavy (non-hydrogen) atoms. The fourth-order valence-corrected chi connectivity index (χ4v) is 3.48. The maximum absolute atomic E-state index is 12.1. The maximum atomic E-state index is 12.1. The van der Waals surface area contributed by atoms with E-state index < -0.39 is 10.8 Å². The summed E-state index contributed by atoms with van der Waals surface area (Å²) in [6, 6.07) is 8.06. The Morgan fingerprint density at radius 2 is 1.83 bits per heavy atom. The number of carbonyl (C=O) groups is 1. The van der Waals surface area contributed by atoms with Crippen molar-refractivity contribution in [1.29, 1.82) is 0 Å². The first-order valence-corrected chi connectivity index (χ1v) is 7.05. The molecule has 1 heterocycles. The fourth-order valence-electron chi connectivity index (χ4n) is 1.44. The van der Waals surface area contributed by atoms with Crippen LogP contribution >= 0.6 is 23.2 Å². The van der Waals surface area contributed by atoms with Crippen molar-refractivity contribution in [3.05, 3.63) is 51.9 Å². The van der Waals surface area contributed by atoms with Gasteiger partial charge in [0.05, 0.1) is 31.5 Å². The molecule has 0 saturated heterocycles. The van der Waals surface area contributed by atoms with Crippen LogP contribution in [0.3, 0.4) is 0 Å². The molecule has 0 aliphatic carbocycles. The van der Waals surface area contributed by atoms with Gasteiger partial charge < -0.3 is 4.42 Å². The van der Waals surface area contributed by atoms with Crippen LogP contribution in [0.25, 0.3) is 0 Å². The molecule has 0 saturated carbocycles. The van der Waals surface area contributed by atoms with E-state index in [-0.39, 0.29) is 11.5 Å². The quantitative estimate of drug-likeness (QED) is 0.809. The smallest absolute Gasteiger partial charge is 0.185 e. The highest BCUT2D eigenvalue weighted by molar-refractivity contribution is 7.84. The fraction of sp³-hybridized carbons (Fsp3) is 0.0833. The lowest BCUT2D eigenvalue weighted by molar-refractivity contribution is 0.109. The van der Waals surface area contributed by atoms with Gasteiger partial charge in [0.1, 0.15) is 5.76 Å². The number of benzene rings is 1. The molecule has 0 fully saturated rings. The van der Waals surface area contributed by atoms with Gasteiger partial charge in [0, 0.05) is 0 Å². The van der Waals surface area contributed by atoms with Crippen LogP contribution in [0.1, 0.15) is 16.3 Å². The summed E-state index contributed by atoms with van der Waals surface area (Å²) < 4.78 is 17.3. The van der Waals surface area contributed by atoms with Gasteiger partial charge in [-0.25, -0.2) is 0 Å². The van der Waals surface area contributed by atoms with Crippen molar-refractivity contribution in [3.8, 4) is 0 Å². The van der Waals surface area contributed by atoms with Crippen molar-refractivity contribution in [2.24, 2.45) is 0 Å². The molecule has 3 nitrogen and oxygen atoms in total. The highest BCUT2D eigenvalue weighted by Crippen LogP contribution is 2.29. The third kappa shape index (κ3) is 2.83. The zero-order chi connectivity index (χ0) is 13.1. The average molecular weight is 303 g/mol. The molecule has 0 N–H and O–H groups in total. The largest absolute Gasteiger partial charge is 0.457 e. The van der Waals surface area contributed by atoms with E-state index in [1.165, 1.54) is 6.07 Å². The molecule has 1 atom stereocenters. The van der Waals surface area contributed by atoms with E-state index >= 15 is 0 Å². The Morgan fingerprint density at radius 3 is 2.39 bits per heavy atom. The standard InChI is InChI=1S/C12H8Cl2O3S/c13-10-2-1-3-11(14)12(10)18(16)7-9-5-4-8(6-15)17-9/h1-6H,7H2. The van der Waals surface area contributed by atoms with Gasteiger partial charge in [-0.2, -0.15) is 0 Å². The number of rotatable bonds is 4. The van der Waals surface area contributed by atoms with Crippen LogP contribution in [0, 0.1) is 0 Å². The zero-order valence-corrected chi connectivity index (χ0v) is 11.4. The number of furan rings is 1. The Hall–Kier alpha value is -1.10. The van der Waals surface area contributed by atoms with Gasteiger partial charge in [0.2, 0.25) is 0 Å². The minimum atomic E-state index is -1.42. The predicted molar refractivity (Wildman–Crippen MR) is 70.7 cm³/mol. The lowest BCUT2D eigenvalue weighted by atomic mass is 10.4. The van der Waals surface area contributed by atoms with Crippen molar-refractivity contribution >= 4 is 40.3 Å². The number of halogens is 2. The van der Waals surface area contributed by atoms with E-state index in [0.29, 0.717) is 27.0 Å².